The van der Waals surface area contributed by atoms with Crippen molar-refractivity contribution in [1.82, 2.24) is 16.0 Å². The van der Waals surface area contributed by atoms with Crippen LogP contribution in [-0.2, 0) is 9.53 Å². The fourth-order valence-electron chi connectivity index (χ4n) is 2.62. The second kappa shape index (κ2) is 15.0. The van der Waals surface area contributed by atoms with E-state index >= 15 is 0 Å². The normalized spacial score (nSPS) is 15.7. The number of rotatable bonds is 9. The second-order valence-corrected chi connectivity index (χ2v) is 5.66. The summed E-state index contributed by atoms with van der Waals surface area (Å²) >= 11 is 0. The molecule has 0 aromatic heterocycles. The lowest BCUT2D eigenvalue weighted by atomic mass is 9.89. The van der Waals surface area contributed by atoms with E-state index in [-0.39, 0.29) is 35.8 Å². The van der Waals surface area contributed by atoms with E-state index < -0.39 is 0 Å². The number of amides is 1. The minimum Gasteiger partial charge on any atom is -0.385 e. The molecule has 7 heteroatoms. The Labute approximate surface area is 157 Å². The fraction of sp³-hybridized carbons (Fsp3) is 0.875. The smallest absolute Gasteiger partial charge is 0.223 e. The molecule has 6 nitrogen and oxygen atoms in total. The van der Waals surface area contributed by atoms with Crippen molar-refractivity contribution in [3.05, 3.63) is 0 Å². The highest BCUT2D eigenvalue weighted by molar-refractivity contribution is 14.0. The first kappa shape index (κ1) is 22.4. The Hall–Kier alpha value is -0.570. The van der Waals surface area contributed by atoms with Gasteiger partial charge in [-0.25, -0.2) is 0 Å². The number of hydrogen-bond acceptors (Lipinski definition) is 3. The highest BCUT2D eigenvalue weighted by atomic mass is 127. The third-order valence-corrected chi connectivity index (χ3v) is 3.81. The van der Waals surface area contributed by atoms with E-state index in [1.165, 1.54) is 19.3 Å². The van der Waals surface area contributed by atoms with Gasteiger partial charge in [-0.15, -0.1) is 24.0 Å². The van der Waals surface area contributed by atoms with Crippen molar-refractivity contribution in [2.24, 2.45) is 10.9 Å². The highest BCUT2D eigenvalue weighted by Gasteiger charge is 2.20. The molecule has 0 atom stereocenters. The van der Waals surface area contributed by atoms with E-state index in [0.29, 0.717) is 13.1 Å². The molecule has 0 aliphatic heterocycles. The number of nitrogens with zero attached hydrogens (tertiary/aromatic N) is 1. The summed E-state index contributed by atoms with van der Waals surface area (Å²) in [4.78, 5) is 16.5. The topological polar surface area (TPSA) is 74.8 Å². The van der Waals surface area contributed by atoms with Crippen molar-refractivity contribution in [2.45, 2.75) is 45.4 Å². The lowest BCUT2D eigenvalue weighted by molar-refractivity contribution is -0.125. The lowest BCUT2D eigenvalue weighted by Gasteiger charge is -2.21. The predicted molar refractivity (Wildman–Crippen MR) is 105 cm³/mol. The number of hydrogen-bond donors (Lipinski definition) is 3. The first-order chi connectivity index (χ1) is 10.8. The lowest BCUT2D eigenvalue weighted by Crippen LogP contribution is -2.42. The third kappa shape index (κ3) is 10.8. The summed E-state index contributed by atoms with van der Waals surface area (Å²) in [5, 5.41) is 9.46. The van der Waals surface area contributed by atoms with E-state index in [9.17, 15) is 4.79 Å². The van der Waals surface area contributed by atoms with Crippen LogP contribution in [0, 0.1) is 5.92 Å². The van der Waals surface area contributed by atoms with Crippen LogP contribution in [0.25, 0.3) is 0 Å². The maximum absolute atomic E-state index is 12.0. The molecule has 0 spiro atoms. The van der Waals surface area contributed by atoms with Gasteiger partial charge in [0.05, 0.1) is 0 Å². The Balaban J connectivity index is 0.00000484. The molecule has 1 aliphatic rings. The van der Waals surface area contributed by atoms with Gasteiger partial charge in [0, 0.05) is 45.8 Å². The van der Waals surface area contributed by atoms with Crippen LogP contribution in [0.1, 0.15) is 45.4 Å². The monoisotopic (exact) mass is 440 g/mol. The molecule has 1 fully saturated rings. The molecule has 1 aliphatic carbocycles. The van der Waals surface area contributed by atoms with Crippen molar-refractivity contribution >= 4 is 35.8 Å². The Kier molecular flexibility index (Phi) is 14.6. The number of ether oxygens (including phenoxy) is 1. The zero-order valence-corrected chi connectivity index (χ0v) is 16.9. The van der Waals surface area contributed by atoms with Gasteiger partial charge in [0.15, 0.2) is 5.96 Å². The van der Waals surface area contributed by atoms with Crippen LogP contribution in [0.5, 0.6) is 0 Å². The van der Waals surface area contributed by atoms with Crippen molar-refractivity contribution in [3.8, 4) is 0 Å². The molecule has 1 amide bonds. The molecule has 0 radical (unpaired) electrons. The summed E-state index contributed by atoms with van der Waals surface area (Å²) < 4.78 is 5.01. The van der Waals surface area contributed by atoms with E-state index in [0.717, 1.165) is 44.9 Å². The molecular weight excluding hydrogens is 407 g/mol. The van der Waals surface area contributed by atoms with Gasteiger partial charge in [-0.2, -0.15) is 0 Å². The van der Waals surface area contributed by atoms with Crippen LogP contribution in [0.3, 0.4) is 0 Å². The maximum atomic E-state index is 12.0. The number of carbonyl (C=O) groups is 1. The first-order valence-electron chi connectivity index (χ1n) is 8.56. The summed E-state index contributed by atoms with van der Waals surface area (Å²) in [6.45, 7) is 5.64. The molecule has 136 valence electrons. The van der Waals surface area contributed by atoms with Gasteiger partial charge in [0.1, 0.15) is 0 Å². The predicted octanol–water partition coefficient (Wildman–Crippen LogP) is 1.89. The summed E-state index contributed by atoms with van der Waals surface area (Å²) in [5.74, 6) is 1.23. The average Bonchev–Trinajstić information content (AvgIpc) is 2.56. The minimum absolute atomic E-state index is 0. The van der Waals surface area contributed by atoms with Crippen molar-refractivity contribution in [2.75, 3.05) is 39.9 Å². The van der Waals surface area contributed by atoms with Crippen molar-refractivity contribution < 1.29 is 9.53 Å². The maximum Gasteiger partial charge on any atom is 0.223 e. The molecule has 0 unspecified atom stereocenters. The molecule has 1 saturated carbocycles. The zero-order valence-electron chi connectivity index (χ0n) is 14.5. The first-order valence-corrected chi connectivity index (χ1v) is 8.56. The molecular formula is C16H33IN4O2. The molecule has 0 aromatic carbocycles. The van der Waals surface area contributed by atoms with Gasteiger partial charge >= 0.3 is 0 Å². The quantitative estimate of drug-likeness (QED) is 0.222. The summed E-state index contributed by atoms with van der Waals surface area (Å²) in [6, 6.07) is 0. The van der Waals surface area contributed by atoms with Crippen LogP contribution < -0.4 is 16.0 Å². The van der Waals surface area contributed by atoms with Crippen LogP contribution in [0.2, 0.25) is 0 Å². The summed E-state index contributed by atoms with van der Waals surface area (Å²) in [6.07, 6.45) is 6.65. The summed E-state index contributed by atoms with van der Waals surface area (Å²) in [7, 11) is 1.70. The van der Waals surface area contributed by atoms with Crippen molar-refractivity contribution in [3.63, 3.8) is 0 Å². The number of nitrogens with one attached hydrogen (secondary N) is 3. The van der Waals surface area contributed by atoms with E-state index in [1.807, 2.05) is 6.92 Å². The van der Waals surface area contributed by atoms with Crippen molar-refractivity contribution in [1.29, 1.82) is 0 Å². The minimum atomic E-state index is 0. The molecule has 0 heterocycles. The number of halogens is 1. The van der Waals surface area contributed by atoms with Crippen LogP contribution in [0.15, 0.2) is 4.99 Å². The van der Waals surface area contributed by atoms with Gasteiger partial charge in [-0.05, 0) is 26.2 Å². The average molecular weight is 440 g/mol. The number of methoxy groups -OCH3 is 1. The van der Waals surface area contributed by atoms with E-state index in [2.05, 4.69) is 20.9 Å². The molecule has 0 bridgehead atoms. The van der Waals surface area contributed by atoms with Crippen LogP contribution in [0.4, 0.5) is 0 Å². The standard InChI is InChI=1S/C16H32N4O2.HI/c1-3-17-16(19-10-7-13-22-2)20-12-11-18-15(21)14-8-5-4-6-9-14;/h14H,3-13H2,1-2H3,(H,18,21)(H2,17,19,20);1H. The largest absolute Gasteiger partial charge is 0.385 e. The van der Waals surface area contributed by atoms with Crippen LogP contribution in [-0.4, -0.2) is 51.8 Å². The number of guanidine groups is 1. The van der Waals surface area contributed by atoms with Gasteiger partial charge in [0.2, 0.25) is 5.91 Å². The Bertz CT molecular complexity index is 334. The van der Waals surface area contributed by atoms with Gasteiger partial charge in [0.25, 0.3) is 0 Å². The SMILES string of the molecule is CCNC(=NCCCOC)NCCNC(=O)C1CCCCC1.I. The van der Waals surface area contributed by atoms with E-state index in [1.54, 1.807) is 7.11 Å². The third-order valence-electron chi connectivity index (χ3n) is 3.81. The van der Waals surface area contributed by atoms with Gasteiger partial charge < -0.3 is 20.7 Å². The number of aliphatic imine (C=N–C) groups is 1. The summed E-state index contributed by atoms with van der Waals surface area (Å²) in [5.41, 5.74) is 0. The Morgan fingerprint density at radius 3 is 2.48 bits per heavy atom. The van der Waals surface area contributed by atoms with Crippen LogP contribution >= 0.6 is 24.0 Å². The zero-order chi connectivity index (χ0) is 16.0. The Morgan fingerprint density at radius 2 is 1.83 bits per heavy atom. The van der Waals surface area contributed by atoms with Gasteiger partial charge in [-0.3, -0.25) is 9.79 Å². The van der Waals surface area contributed by atoms with Gasteiger partial charge in [-0.1, -0.05) is 19.3 Å². The fourth-order valence-corrected chi connectivity index (χ4v) is 2.62. The Morgan fingerprint density at radius 1 is 1.13 bits per heavy atom. The highest BCUT2D eigenvalue weighted by Crippen LogP contribution is 2.23. The second-order valence-electron chi connectivity index (χ2n) is 5.66. The number of carbonyl (C=O) groups excluding carboxylic acids is 1. The van der Waals surface area contributed by atoms with E-state index in [4.69, 9.17) is 4.74 Å². The molecule has 0 aromatic rings. The molecule has 1 rings (SSSR count). The molecule has 23 heavy (non-hydrogen) atoms. The molecule has 3 N–H and O–H groups in total. The molecule has 0 saturated heterocycles.